The van der Waals surface area contributed by atoms with Crippen LogP contribution in [0.15, 0.2) is 59.5 Å². The Kier molecular flexibility index (Phi) is 5.82. The first-order valence-electron chi connectivity index (χ1n) is 8.75. The molecule has 4 heteroatoms. The van der Waals surface area contributed by atoms with Gasteiger partial charge >= 0.3 is 0 Å². The zero-order valence-electron chi connectivity index (χ0n) is 15.0. The van der Waals surface area contributed by atoms with Gasteiger partial charge in [0.2, 0.25) is 5.91 Å². The number of rotatable bonds is 8. The molecule has 0 heterocycles. The predicted octanol–water partition coefficient (Wildman–Crippen LogP) is 3.69. The summed E-state index contributed by atoms with van der Waals surface area (Å²) < 4.78 is 0. The lowest BCUT2D eigenvalue weighted by atomic mass is 9.96. The van der Waals surface area contributed by atoms with Crippen molar-refractivity contribution in [1.82, 2.24) is 10.2 Å². The molecule has 0 aromatic heterocycles. The fraction of sp³-hybridized carbons (Fsp3) is 0.381. The summed E-state index contributed by atoms with van der Waals surface area (Å²) in [5.74, 6) is 0.102. The Bertz CT molecular complexity index is 696. The number of carbonyl (C=O) groups is 1. The normalized spacial score (nSPS) is 15.2. The van der Waals surface area contributed by atoms with E-state index in [4.69, 9.17) is 0 Å². The summed E-state index contributed by atoms with van der Waals surface area (Å²) in [7, 11) is 1.99. The largest absolute Gasteiger partial charge is 0.354 e. The van der Waals surface area contributed by atoms with E-state index in [1.165, 1.54) is 16.0 Å². The molecule has 0 atom stereocenters. The van der Waals surface area contributed by atoms with Crippen LogP contribution in [0.5, 0.6) is 0 Å². The number of likely N-dealkylation sites (N-methyl/N-ethyl adjacent to an activating group) is 1. The molecular formula is C21H26N2OS. The van der Waals surface area contributed by atoms with Crippen LogP contribution < -0.4 is 5.32 Å². The molecule has 0 unspecified atom stereocenters. The van der Waals surface area contributed by atoms with Gasteiger partial charge in [-0.15, -0.1) is 11.8 Å². The third-order valence-electron chi connectivity index (χ3n) is 4.89. The minimum absolute atomic E-state index is 0.102. The number of thioether (sulfide) groups is 1. The van der Waals surface area contributed by atoms with Crippen molar-refractivity contribution < 1.29 is 4.79 Å². The summed E-state index contributed by atoms with van der Waals surface area (Å²) in [5, 5.41) is 3.13. The molecule has 1 saturated carbocycles. The first-order valence-corrected chi connectivity index (χ1v) is 9.97. The monoisotopic (exact) mass is 354 g/mol. The van der Waals surface area contributed by atoms with Crippen LogP contribution in [-0.4, -0.2) is 37.2 Å². The maximum absolute atomic E-state index is 12.3. The molecule has 25 heavy (non-hydrogen) atoms. The zero-order chi connectivity index (χ0) is 17.7. The molecule has 0 saturated heterocycles. The third kappa shape index (κ3) is 4.86. The number of nitrogens with one attached hydrogen (secondary N) is 1. The molecule has 2 aromatic rings. The van der Waals surface area contributed by atoms with Gasteiger partial charge in [-0.25, -0.2) is 0 Å². The summed E-state index contributed by atoms with van der Waals surface area (Å²) in [4.78, 5) is 15.6. The smallest absolute Gasteiger partial charge is 0.234 e. The minimum atomic E-state index is 0.102. The highest BCUT2D eigenvalue weighted by Crippen LogP contribution is 2.47. The van der Waals surface area contributed by atoms with E-state index in [1.807, 2.05) is 13.1 Å². The van der Waals surface area contributed by atoms with Crippen molar-refractivity contribution in [1.29, 1.82) is 0 Å². The van der Waals surface area contributed by atoms with Crippen LogP contribution in [0.2, 0.25) is 0 Å². The van der Waals surface area contributed by atoms with Crippen molar-refractivity contribution >= 4 is 17.7 Å². The van der Waals surface area contributed by atoms with Gasteiger partial charge in [0.15, 0.2) is 0 Å². The van der Waals surface area contributed by atoms with Crippen LogP contribution in [0, 0.1) is 0 Å². The van der Waals surface area contributed by atoms with E-state index in [0.717, 1.165) is 25.9 Å². The van der Waals surface area contributed by atoms with Crippen molar-refractivity contribution in [2.45, 2.75) is 29.7 Å². The Balaban J connectivity index is 1.46. The van der Waals surface area contributed by atoms with Gasteiger partial charge in [-0.3, -0.25) is 9.69 Å². The van der Waals surface area contributed by atoms with Gasteiger partial charge in [0.1, 0.15) is 0 Å². The van der Waals surface area contributed by atoms with Crippen LogP contribution in [0.3, 0.4) is 0 Å². The van der Waals surface area contributed by atoms with Crippen molar-refractivity contribution in [2.75, 3.05) is 26.4 Å². The lowest BCUT2D eigenvalue weighted by molar-refractivity contribution is -0.122. The van der Waals surface area contributed by atoms with Gasteiger partial charge < -0.3 is 5.32 Å². The standard InChI is InChI=1S/C21H26N2OS/c1-23(14-17-8-10-19(25-2)11-9-17)15-20(24)22-16-21(12-13-21)18-6-4-3-5-7-18/h3-11H,12-16H2,1-2H3,(H,22,24). The lowest BCUT2D eigenvalue weighted by Gasteiger charge is -2.19. The highest BCUT2D eigenvalue weighted by molar-refractivity contribution is 7.98. The molecule has 3 nitrogen and oxygen atoms in total. The summed E-state index contributed by atoms with van der Waals surface area (Å²) in [6.07, 6.45) is 4.40. The highest BCUT2D eigenvalue weighted by atomic mass is 32.2. The van der Waals surface area contributed by atoms with Crippen molar-refractivity contribution in [2.24, 2.45) is 0 Å². The molecule has 1 fully saturated rings. The molecule has 0 bridgehead atoms. The maximum Gasteiger partial charge on any atom is 0.234 e. The molecule has 3 rings (SSSR count). The SMILES string of the molecule is CSc1ccc(CN(C)CC(=O)NCC2(c3ccccc3)CC2)cc1. The van der Waals surface area contributed by atoms with Crippen molar-refractivity contribution in [3.8, 4) is 0 Å². The molecule has 1 aliphatic rings. The molecular weight excluding hydrogens is 328 g/mol. The van der Waals surface area contributed by atoms with E-state index < -0.39 is 0 Å². The van der Waals surface area contributed by atoms with Gasteiger partial charge in [-0.05, 0) is 49.4 Å². The molecule has 132 valence electrons. The molecule has 2 aromatic carbocycles. The molecule has 0 aliphatic heterocycles. The fourth-order valence-electron chi connectivity index (χ4n) is 3.18. The van der Waals surface area contributed by atoms with Crippen molar-refractivity contribution in [3.63, 3.8) is 0 Å². The Labute approximate surface area is 154 Å². The van der Waals surface area contributed by atoms with Crippen LogP contribution in [0.4, 0.5) is 0 Å². The first-order chi connectivity index (χ1) is 12.1. The van der Waals surface area contributed by atoms with Gasteiger partial charge in [0.05, 0.1) is 6.54 Å². The van der Waals surface area contributed by atoms with Crippen LogP contribution in [-0.2, 0) is 16.8 Å². The van der Waals surface area contributed by atoms with Crippen LogP contribution >= 0.6 is 11.8 Å². The zero-order valence-corrected chi connectivity index (χ0v) is 15.8. The summed E-state index contributed by atoms with van der Waals surface area (Å²) in [6, 6.07) is 19.1. The quantitative estimate of drug-likeness (QED) is 0.734. The average Bonchev–Trinajstić information content (AvgIpc) is 3.43. The average molecular weight is 355 g/mol. The number of amides is 1. The minimum Gasteiger partial charge on any atom is -0.354 e. The van der Waals surface area contributed by atoms with Crippen molar-refractivity contribution in [3.05, 3.63) is 65.7 Å². The number of carbonyl (C=O) groups excluding carboxylic acids is 1. The third-order valence-corrected chi connectivity index (χ3v) is 5.63. The predicted molar refractivity (Wildman–Crippen MR) is 105 cm³/mol. The Hall–Kier alpha value is -1.78. The van der Waals surface area contributed by atoms with E-state index in [9.17, 15) is 4.79 Å². The Morgan fingerprint density at radius 2 is 1.80 bits per heavy atom. The van der Waals surface area contributed by atoms with Crippen LogP contribution in [0.1, 0.15) is 24.0 Å². The summed E-state index contributed by atoms with van der Waals surface area (Å²) in [6.45, 7) is 1.95. The second-order valence-corrected chi connectivity index (χ2v) is 7.82. The molecule has 0 spiro atoms. The second-order valence-electron chi connectivity index (χ2n) is 6.94. The lowest BCUT2D eigenvalue weighted by Crippen LogP contribution is -2.38. The van der Waals surface area contributed by atoms with Gasteiger partial charge in [-0.2, -0.15) is 0 Å². The summed E-state index contributed by atoms with van der Waals surface area (Å²) in [5.41, 5.74) is 2.75. The number of benzene rings is 2. The van der Waals surface area contributed by atoms with E-state index >= 15 is 0 Å². The Morgan fingerprint density at radius 1 is 1.12 bits per heavy atom. The van der Waals surface area contributed by atoms with Gasteiger partial charge in [0, 0.05) is 23.4 Å². The number of hydrogen-bond donors (Lipinski definition) is 1. The fourth-order valence-corrected chi connectivity index (χ4v) is 3.59. The topological polar surface area (TPSA) is 32.3 Å². The number of hydrogen-bond acceptors (Lipinski definition) is 3. The molecule has 1 N–H and O–H groups in total. The van der Waals surface area contributed by atoms with E-state index in [0.29, 0.717) is 6.54 Å². The Morgan fingerprint density at radius 3 is 2.40 bits per heavy atom. The highest BCUT2D eigenvalue weighted by Gasteiger charge is 2.44. The van der Waals surface area contributed by atoms with E-state index in [2.05, 4.69) is 65.0 Å². The number of nitrogens with zero attached hydrogens (tertiary/aromatic N) is 1. The van der Waals surface area contributed by atoms with E-state index in [1.54, 1.807) is 11.8 Å². The molecule has 0 radical (unpaired) electrons. The van der Waals surface area contributed by atoms with E-state index in [-0.39, 0.29) is 11.3 Å². The molecule has 1 amide bonds. The molecule has 1 aliphatic carbocycles. The van der Waals surface area contributed by atoms with Crippen LogP contribution in [0.25, 0.3) is 0 Å². The second kappa shape index (κ2) is 8.07. The summed E-state index contributed by atoms with van der Waals surface area (Å²) >= 11 is 1.74. The maximum atomic E-state index is 12.3. The van der Waals surface area contributed by atoms with Gasteiger partial charge in [0.25, 0.3) is 0 Å². The van der Waals surface area contributed by atoms with Gasteiger partial charge in [-0.1, -0.05) is 42.5 Å². The first kappa shape index (κ1) is 18.0.